The van der Waals surface area contributed by atoms with Gasteiger partial charge in [0.1, 0.15) is 0 Å². The fourth-order valence-electron chi connectivity index (χ4n) is 3.13. The van der Waals surface area contributed by atoms with Crippen molar-refractivity contribution in [2.45, 2.75) is 10.6 Å². The Morgan fingerprint density at radius 2 is 0.963 bits per heavy atom. The van der Waals surface area contributed by atoms with E-state index < -0.39 is 0 Å². The molecule has 0 aromatic heterocycles. The molecule has 0 bridgehead atoms. The predicted octanol–water partition coefficient (Wildman–Crippen LogP) is 5.60. The molecule has 0 saturated carbocycles. The molecule has 0 saturated heterocycles. The molecular formula is C24H18O2Se. The first kappa shape index (κ1) is 17.7. The van der Waals surface area contributed by atoms with Crippen LogP contribution in [-0.2, 0) is 0 Å². The van der Waals surface area contributed by atoms with Gasteiger partial charge in [0.25, 0.3) is 0 Å². The first-order valence-corrected chi connectivity index (χ1v) is 11.2. The predicted molar refractivity (Wildman–Crippen MR) is 112 cm³/mol. The van der Waals surface area contributed by atoms with E-state index in [1.54, 1.807) is 0 Å². The zero-order valence-electron chi connectivity index (χ0n) is 14.7. The fourth-order valence-corrected chi connectivity index (χ4v) is 4.82. The quantitative estimate of drug-likeness (QED) is 0.302. The normalized spacial score (nSPS) is 11.0. The van der Waals surface area contributed by atoms with Gasteiger partial charge in [-0.25, -0.2) is 0 Å². The third kappa shape index (κ3) is 4.00. The Labute approximate surface area is 164 Å². The number of carbonyl (C=O) groups is 2. The van der Waals surface area contributed by atoms with Crippen molar-refractivity contribution in [1.29, 1.82) is 0 Å². The van der Waals surface area contributed by atoms with Gasteiger partial charge in [0, 0.05) is 0 Å². The van der Waals surface area contributed by atoms with Crippen LogP contribution in [0.4, 0.5) is 0 Å². The van der Waals surface area contributed by atoms with E-state index in [-0.39, 0.29) is 26.5 Å². The second-order valence-corrected chi connectivity index (χ2v) is 8.53. The molecular weight excluding hydrogens is 399 g/mol. The molecule has 132 valence electrons. The molecule has 0 atom stereocenters. The van der Waals surface area contributed by atoms with E-state index in [0.717, 1.165) is 32.7 Å². The monoisotopic (exact) mass is 418 g/mol. The Morgan fingerprint density at radius 1 is 0.556 bits per heavy atom. The van der Waals surface area contributed by atoms with E-state index in [0.29, 0.717) is 10.6 Å². The number of benzene rings is 4. The standard InChI is InChI=1S/C24H18O2Se/c25-23(21-11-9-17-5-1-3-7-19(17)13-21)15-27-16-24(26)22-12-10-18-6-2-4-8-20(18)14-22/h1-14H,15-16H2. The average Bonchev–Trinajstić information content (AvgIpc) is 2.72. The van der Waals surface area contributed by atoms with Gasteiger partial charge in [-0.05, 0) is 0 Å². The van der Waals surface area contributed by atoms with Crippen molar-refractivity contribution >= 4 is 48.1 Å². The summed E-state index contributed by atoms with van der Waals surface area (Å²) in [5.41, 5.74) is 1.46. The van der Waals surface area contributed by atoms with Crippen LogP contribution in [0.25, 0.3) is 21.5 Å². The minimum atomic E-state index is -0.0363. The first-order valence-electron chi connectivity index (χ1n) is 8.82. The summed E-state index contributed by atoms with van der Waals surface area (Å²) < 4.78 is 0. The summed E-state index contributed by atoms with van der Waals surface area (Å²) in [6, 6.07) is 27.6. The van der Waals surface area contributed by atoms with Crippen LogP contribution in [0.3, 0.4) is 0 Å². The summed E-state index contributed by atoms with van der Waals surface area (Å²) in [5.74, 6) is 0.235. The molecule has 0 N–H and O–H groups in total. The topological polar surface area (TPSA) is 34.1 Å². The van der Waals surface area contributed by atoms with E-state index in [4.69, 9.17) is 0 Å². The number of carbonyl (C=O) groups excluding carboxylic acids is 2. The van der Waals surface area contributed by atoms with Gasteiger partial charge in [-0.15, -0.1) is 0 Å². The van der Waals surface area contributed by atoms with Gasteiger partial charge in [0.05, 0.1) is 0 Å². The zero-order valence-corrected chi connectivity index (χ0v) is 16.4. The third-order valence-electron chi connectivity index (χ3n) is 4.61. The first-order chi connectivity index (χ1) is 13.2. The summed E-state index contributed by atoms with van der Waals surface area (Å²) in [7, 11) is 0. The Kier molecular flexibility index (Phi) is 5.15. The SMILES string of the molecule is O=C(C[Se]CC(=O)c1ccc2ccccc2c1)c1ccc2ccccc2c1. The van der Waals surface area contributed by atoms with Crippen LogP contribution < -0.4 is 0 Å². The van der Waals surface area contributed by atoms with Crippen molar-refractivity contribution in [3.05, 3.63) is 96.1 Å². The molecule has 4 rings (SSSR count). The van der Waals surface area contributed by atoms with E-state index in [9.17, 15) is 9.59 Å². The Morgan fingerprint density at radius 3 is 1.41 bits per heavy atom. The molecule has 0 heterocycles. The number of fused-ring (bicyclic) bond motifs is 2. The van der Waals surface area contributed by atoms with Crippen LogP contribution in [0.2, 0.25) is 10.6 Å². The van der Waals surface area contributed by atoms with Crippen LogP contribution in [0.5, 0.6) is 0 Å². The molecule has 0 fully saturated rings. The van der Waals surface area contributed by atoms with Crippen molar-refractivity contribution in [2.75, 3.05) is 0 Å². The van der Waals surface area contributed by atoms with Gasteiger partial charge in [0.15, 0.2) is 0 Å². The number of rotatable bonds is 6. The molecule has 0 aliphatic carbocycles. The van der Waals surface area contributed by atoms with Crippen LogP contribution in [0.1, 0.15) is 20.7 Å². The van der Waals surface area contributed by atoms with Crippen LogP contribution in [0.15, 0.2) is 84.9 Å². The van der Waals surface area contributed by atoms with Gasteiger partial charge < -0.3 is 0 Å². The zero-order chi connectivity index (χ0) is 18.6. The van der Waals surface area contributed by atoms with E-state index in [2.05, 4.69) is 0 Å². The molecule has 4 aromatic carbocycles. The van der Waals surface area contributed by atoms with Crippen molar-refractivity contribution in [3.63, 3.8) is 0 Å². The molecule has 4 aromatic rings. The maximum atomic E-state index is 12.5. The molecule has 27 heavy (non-hydrogen) atoms. The Balaban J connectivity index is 1.39. The van der Waals surface area contributed by atoms with Crippen molar-refractivity contribution in [1.82, 2.24) is 0 Å². The summed E-state index contributed by atoms with van der Waals surface area (Å²) in [6.07, 6.45) is 0. The third-order valence-corrected chi connectivity index (χ3v) is 6.57. The Hall–Kier alpha value is -2.74. The van der Waals surface area contributed by atoms with Gasteiger partial charge in [0.2, 0.25) is 0 Å². The molecule has 3 heteroatoms. The number of Topliss-reactive ketones (excluding diaryl/α,β-unsaturated/α-hetero) is 2. The van der Waals surface area contributed by atoms with Crippen molar-refractivity contribution in [2.24, 2.45) is 0 Å². The van der Waals surface area contributed by atoms with Crippen LogP contribution in [0, 0.1) is 0 Å². The second-order valence-electron chi connectivity index (χ2n) is 6.46. The summed E-state index contributed by atoms with van der Waals surface area (Å²) in [5, 5.41) is 5.30. The molecule has 2 nitrogen and oxygen atoms in total. The summed E-state index contributed by atoms with van der Waals surface area (Å²) >= 11 is -0.0363. The van der Waals surface area contributed by atoms with E-state index in [1.807, 2.05) is 84.9 Å². The van der Waals surface area contributed by atoms with Crippen molar-refractivity contribution < 1.29 is 9.59 Å². The second kappa shape index (κ2) is 7.87. The van der Waals surface area contributed by atoms with Gasteiger partial charge >= 0.3 is 164 Å². The summed E-state index contributed by atoms with van der Waals surface area (Å²) in [4.78, 5) is 25.0. The number of hydrogen-bond donors (Lipinski definition) is 0. The van der Waals surface area contributed by atoms with Gasteiger partial charge in [-0.1, -0.05) is 0 Å². The number of ketones is 2. The van der Waals surface area contributed by atoms with Crippen LogP contribution >= 0.6 is 0 Å². The molecule has 0 radical (unpaired) electrons. The molecule has 0 spiro atoms. The van der Waals surface area contributed by atoms with E-state index in [1.165, 1.54) is 0 Å². The van der Waals surface area contributed by atoms with Crippen LogP contribution in [-0.4, -0.2) is 26.5 Å². The minimum absolute atomic E-state index is 0.0363. The molecule has 0 amide bonds. The van der Waals surface area contributed by atoms with Gasteiger partial charge in [-0.3, -0.25) is 0 Å². The number of hydrogen-bond acceptors (Lipinski definition) is 2. The fraction of sp³-hybridized carbons (Fsp3) is 0.0833. The molecule has 0 unspecified atom stereocenters. The van der Waals surface area contributed by atoms with Crippen molar-refractivity contribution in [3.8, 4) is 0 Å². The van der Waals surface area contributed by atoms with E-state index >= 15 is 0 Å². The maximum absolute atomic E-state index is 12.5. The average molecular weight is 417 g/mol. The Bertz CT molecular complexity index is 1060. The molecule has 0 aliphatic heterocycles. The molecule has 0 aliphatic rings. The van der Waals surface area contributed by atoms with Gasteiger partial charge in [-0.2, -0.15) is 0 Å². The summed E-state index contributed by atoms with van der Waals surface area (Å²) in [6.45, 7) is 0.